The van der Waals surface area contributed by atoms with Crippen LogP contribution in [0.1, 0.15) is 24.5 Å². The van der Waals surface area contributed by atoms with Crippen LogP contribution in [-0.4, -0.2) is 11.1 Å². The van der Waals surface area contributed by atoms with E-state index in [1.807, 2.05) is 54.6 Å². The van der Waals surface area contributed by atoms with Crippen LogP contribution in [0.2, 0.25) is 5.02 Å². The maximum absolute atomic E-state index is 11.5. The first-order chi connectivity index (χ1) is 12.5. The zero-order chi connectivity index (χ0) is 18.6. The maximum atomic E-state index is 11.5. The lowest BCUT2D eigenvalue weighted by Gasteiger charge is -2.36. The summed E-state index contributed by atoms with van der Waals surface area (Å²) in [6, 6.07) is 17.9. The predicted molar refractivity (Wildman–Crippen MR) is 105 cm³/mol. The van der Waals surface area contributed by atoms with Gasteiger partial charge < -0.3 is 5.11 Å². The van der Waals surface area contributed by atoms with E-state index < -0.39 is 17.4 Å². The van der Waals surface area contributed by atoms with E-state index in [1.165, 1.54) is 5.56 Å². The highest BCUT2D eigenvalue weighted by Gasteiger charge is 2.34. The van der Waals surface area contributed by atoms with E-state index in [0.29, 0.717) is 18.0 Å². The fourth-order valence-corrected chi connectivity index (χ4v) is 3.38. The fourth-order valence-electron chi connectivity index (χ4n) is 3.26. The number of allylic oxidation sites excluding steroid dienone is 2. The van der Waals surface area contributed by atoms with Gasteiger partial charge in [-0.05, 0) is 36.6 Å². The molecule has 0 radical (unpaired) electrons. The van der Waals surface area contributed by atoms with Gasteiger partial charge in [0.25, 0.3) is 0 Å². The van der Waals surface area contributed by atoms with Crippen molar-refractivity contribution in [3.8, 4) is 0 Å². The van der Waals surface area contributed by atoms with Gasteiger partial charge in [-0.3, -0.25) is 10.1 Å². The summed E-state index contributed by atoms with van der Waals surface area (Å²) >= 11 is 6.06. The Morgan fingerprint density at radius 1 is 1.19 bits per heavy atom. The summed E-state index contributed by atoms with van der Waals surface area (Å²) in [5.41, 5.74) is 2.68. The van der Waals surface area contributed by atoms with Crippen molar-refractivity contribution in [3.05, 3.63) is 94.5 Å². The number of hydrogen-bond donors (Lipinski definition) is 2. The van der Waals surface area contributed by atoms with Crippen LogP contribution < -0.4 is 5.32 Å². The molecule has 0 spiro atoms. The van der Waals surface area contributed by atoms with Crippen LogP contribution in [0.15, 0.2) is 78.4 Å². The van der Waals surface area contributed by atoms with Gasteiger partial charge in [-0.1, -0.05) is 77.9 Å². The SMILES string of the molecule is C[C@H](C(=O)O)C1=CC=CC(NCc2ccccc2)(c2ccc(Cl)cc2)C1. The fraction of sp³-hybridized carbons (Fsp3) is 0.227. The Kier molecular flexibility index (Phi) is 5.60. The molecule has 0 fully saturated rings. The number of carbonyl (C=O) groups is 1. The molecular weight excluding hydrogens is 346 g/mol. The van der Waals surface area contributed by atoms with Crippen LogP contribution in [0.3, 0.4) is 0 Å². The molecule has 2 aromatic rings. The van der Waals surface area contributed by atoms with Crippen molar-refractivity contribution >= 4 is 17.6 Å². The second kappa shape index (κ2) is 7.90. The molecule has 0 aromatic heterocycles. The highest BCUT2D eigenvalue weighted by Crippen LogP contribution is 2.36. The predicted octanol–water partition coefficient (Wildman–Crippen LogP) is 4.93. The molecule has 0 saturated heterocycles. The van der Waals surface area contributed by atoms with E-state index >= 15 is 0 Å². The van der Waals surface area contributed by atoms with Gasteiger partial charge in [0.2, 0.25) is 0 Å². The maximum Gasteiger partial charge on any atom is 0.310 e. The van der Waals surface area contributed by atoms with E-state index in [2.05, 4.69) is 23.5 Å². The standard InChI is InChI=1S/C22H22ClNO2/c1-16(21(25)26)18-8-5-13-22(14-18,19-9-11-20(23)12-10-19)24-15-17-6-3-2-4-7-17/h2-13,16,24H,14-15H2,1H3,(H,25,26)/t16-,22?/m0/s1. The molecule has 1 unspecified atom stereocenters. The quantitative estimate of drug-likeness (QED) is 0.760. The minimum atomic E-state index is -0.806. The highest BCUT2D eigenvalue weighted by molar-refractivity contribution is 6.30. The van der Waals surface area contributed by atoms with E-state index in [0.717, 1.165) is 11.1 Å². The van der Waals surface area contributed by atoms with Crippen molar-refractivity contribution in [1.29, 1.82) is 0 Å². The zero-order valence-corrected chi connectivity index (χ0v) is 15.4. The summed E-state index contributed by atoms with van der Waals surface area (Å²) in [5, 5.41) is 13.7. The number of hydrogen-bond acceptors (Lipinski definition) is 2. The van der Waals surface area contributed by atoms with Gasteiger partial charge in [0.05, 0.1) is 11.5 Å². The second-order valence-electron chi connectivity index (χ2n) is 6.65. The van der Waals surface area contributed by atoms with Gasteiger partial charge in [0.15, 0.2) is 0 Å². The average Bonchev–Trinajstić information content (AvgIpc) is 2.67. The van der Waals surface area contributed by atoms with Crippen molar-refractivity contribution < 1.29 is 9.90 Å². The summed E-state index contributed by atoms with van der Waals surface area (Å²) < 4.78 is 0. The van der Waals surface area contributed by atoms with Crippen LogP contribution in [0.5, 0.6) is 0 Å². The third-order valence-electron chi connectivity index (χ3n) is 4.91. The van der Waals surface area contributed by atoms with Crippen LogP contribution in [0.4, 0.5) is 0 Å². The van der Waals surface area contributed by atoms with Crippen molar-refractivity contribution in [3.63, 3.8) is 0 Å². The van der Waals surface area contributed by atoms with E-state index in [9.17, 15) is 9.90 Å². The van der Waals surface area contributed by atoms with Gasteiger partial charge in [-0.2, -0.15) is 0 Å². The van der Waals surface area contributed by atoms with Crippen molar-refractivity contribution in [2.75, 3.05) is 0 Å². The molecule has 3 nitrogen and oxygen atoms in total. The van der Waals surface area contributed by atoms with Gasteiger partial charge in [0, 0.05) is 11.6 Å². The lowest BCUT2D eigenvalue weighted by molar-refractivity contribution is -0.139. The zero-order valence-electron chi connectivity index (χ0n) is 14.7. The topological polar surface area (TPSA) is 49.3 Å². The van der Waals surface area contributed by atoms with Crippen molar-refractivity contribution in [2.45, 2.75) is 25.4 Å². The number of halogens is 1. The summed E-state index contributed by atoms with van der Waals surface area (Å²) in [4.78, 5) is 11.5. The number of nitrogens with one attached hydrogen (secondary N) is 1. The summed E-state index contributed by atoms with van der Waals surface area (Å²) in [7, 11) is 0. The molecule has 2 aromatic carbocycles. The van der Waals surface area contributed by atoms with Gasteiger partial charge in [-0.15, -0.1) is 0 Å². The van der Waals surface area contributed by atoms with E-state index in [1.54, 1.807) is 6.92 Å². The molecule has 0 heterocycles. The molecule has 3 rings (SSSR count). The van der Waals surface area contributed by atoms with Crippen molar-refractivity contribution in [1.82, 2.24) is 5.32 Å². The Morgan fingerprint density at radius 3 is 2.54 bits per heavy atom. The van der Waals surface area contributed by atoms with Gasteiger partial charge >= 0.3 is 5.97 Å². The Balaban J connectivity index is 1.92. The largest absolute Gasteiger partial charge is 0.481 e. The summed E-state index contributed by atoms with van der Waals surface area (Å²) in [6.45, 7) is 2.42. The van der Waals surface area contributed by atoms with Crippen LogP contribution in [0.25, 0.3) is 0 Å². The third-order valence-corrected chi connectivity index (χ3v) is 5.16. The Morgan fingerprint density at radius 2 is 1.88 bits per heavy atom. The molecule has 0 bridgehead atoms. The molecule has 1 aliphatic rings. The molecule has 134 valence electrons. The normalized spacial score (nSPS) is 20.5. The van der Waals surface area contributed by atoms with Crippen molar-refractivity contribution in [2.24, 2.45) is 5.92 Å². The molecule has 2 N–H and O–H groups in total. The third kappa shape index (κ3) is 4.06. The van der Waals surface area contributed by atoms with Crippen LogP contribution in [0, 0.1) is 5.92 Å². The number of benzene rings is 2. The highest BCUT2D eigenvalue weighted by atomic mass is 35.5. The summed E-state index contributed by atoms with van der Waals surface area (Å²) in [6.07, 6.45) is 6.57. The molecular formula is C22H22ClNO2. The molecule has 4 heteroatoms. The average molecular weight is 368 g/mol. The minimum Gasteiger partial charge on any atom is -0.481 e. The van der Waals surface area contributed by atoms with Gasteiger partial charge in [-0.25, -0.2) is 0 Å². The van der Waals surface area contributed by atoms with Gasteiger partial charge in [0.1, 0.15) is 0 Å². The molecule has 0 amide bonds. The van der Waals surface area contributed by atoms with E-state index in [4.69, 9.17) is 11.6 Å². The lowest BCUT2D eigenvalue weighted by atomic mass is 9.77. The molecule has 26 heavy (non-hydrogen) atoms. The first-order valence-electron chi connectivity index (χ1n) is 8.66. The first kappa shape index (κ1) is 18.4. The first-order valence-corrected chi connectivity index (χ1v) is 9.04. The van der Waals surface area contributed by atoms with E-state index in [-0.39, 0.29) is 0 Å². The Labute approximate surface area is 159 Å². The summed E-state index contributed by atoms with van der Waals surface area (Å²) in [5.74, 6) is -1.33. The molecule has 0 saturated carbocycles. The number of carboxylic acids is 1. The number of carboxylic acid groups (broad SMARTS) is 1. The van der Waals surface area contributed by atoms with Crippen LogP contribution >= 0.6 is 11.6 Å². The minimum absolute atomic E-state index is 0.464. The molecule has 1 aliphatic carbocycles. The Hall–Kier alpha value is -2.36. The number of aliphatic carboxylic acids is 1. The number of rotatable bonds is 6. The Bertz CT molecular complexity index is 827. The van der Waals surface area contributed by atoms with Crippen LogP contribution in [-0.2, 0) is 16.9 Å². The lowest BCUT2D eigenvalue weighted by Crippen LogP contribution is -2.42. The second-order valence-corrected chi connectivity index (χ2v) is 7.09. The smallest absolute Gasteiger partial charge is 0.310 e. The monoisotopic (exact) mass is 367 g/mol. The molecule has 2 atom stereocenters. The molecule has 0 aliphatic heterocycles.